The van der Waals surface area contributed by atoms with E-state index in [0.29, 0.717) is 28.5 Å². The quantitative estimate of drug-likeness (QED) is 0.497. The summed E-state index contributed by atoms with van der Waals surface area (Å²) in [5.74, 6) is 0. The molecule has 3 N–H and O–H groups in total. The number of anilines is 1. The molecule has 0 amide bonds. The minimum Gasteiger partial charge on any atom is -0.448 e. The number of hydrogen-bond donors (Lipinski definition) is 2. The average molecular weight is 246 g/mol. The normalized spacial score (nSPS) is 12.2. The third kappa shape index (κ3) is 2.63. The van der Waals surface area contributed by atoms with Crippen molar-refractivity contribution >= 4 is 35.5 Å². The third-order valence-electron chi connectivity index (χ3n) is 1.89. The van der Waals surface area contributed by atoms with Gasteiger partial charge in [-0.25, -0.2) is 4.98 Å². The van der Waals surface area contributed by atoms with Gasteiger partial charge in [0, 0.05) is 5.69 Å². The van der Waals surface area contributed by atoms with E-state index >= 15 is 0 Å². The largest absolute Gasteiger partial charge is 0.488 e. The maximum atomic E-state index is 12.0. The number of H-pyrrole nitrogens is 1. The van der Waals surface area contributed by atoms with Crippen LogP contribution in [-0.2, 0) is 0 Å². The Balaban J connectivity index is 2.20. The van der Waals surface area contributed by atoms with E-state index in [0.717, 1.165) is 0 Å². The fourth-order valence-electron chi connectivity index (χ4n) is 1.25. The van der Waals surface area contributed by atoms with E-state index in [9.17, 15) is 12.9 Å². The van der Waals surface area contributed by atoms with E-state index in [-0.39, 0.29) is 5.16 Å². The van der Waals surface area contributed by atoms with E-state index in [1.54, 1.807) is 18.2 Å². The van der Waals surface area contributed by atoms with Gasteiger partial charge in [0.1, 0.15) is 0 Å². The van der Waals surface area contributed by atoms with E-state index in [2.05, 4.69) is 9.97 Å². The molecule has 0 aliphatic heterocycles. The van der Waals surface area contributed by atoms with E-state index in [1.807, 2.05) is 0 Å². The number of nitrogen functional groups attached to an aromatic ring is 1. The van der Waals surface area contributed by atoms with Crippen LogP contribution in [0.2, 0.25) is 0 Å². The molecule has 1 aromatic heterocycles. The highest BCUT2D eigenvalue weighted by atomic mass is 32.2. The Bertz CT molecular complexity index is 511. The summed E-state index contributed by atoms with van der Waals surface area (Å²) < 4.78 is 36.1. The molecule has 0 unspecified atom stereocenters. The maximum absolute atomic E-state index is 12.0. The third-order valence-corrected chi connectivity index (χ3v) is 2.90. The Hall–Kier alpha value is -1.31. The molecular weight excluding hydrogens is 238 g/mol. The summed E-state index contributed by atoms with van der Waals surface area (Å²) in [6.45, 7) is -4.79. The van der Waals surface area contributed by atoms with Crippen molar-refractivity contribution in [3.05, 3.63) is 18.2 Å². The summed E-state index contributed by atoms with van der Waals surface area (Å²) in [4.78, 5) is 6.81. The number of nitrogens with one attached hydrogen (secondary N) is 1. The molecule has 86 valence electrons. The lowest BCUT2D eigenvalue weighted by Gasteiger charge is -2.10. The van der Waals surface area contributed by atoms with Crippen molar-refractivity contribution in [1.29, 1.82) is 0 Å². The number of aromatic amines is 1. The molecule has 0 radical (unpaired) electrons. The predicted molar refractivity (Wildman–Crippen MR) is 60.3 cm³/mol. The lowest BCUT2D eigenvalue weighted by molar-refractivity contribution is 0.485. The zero-order valence-electron chi connectivity index (χ0n) is 8.08. The Morgan fingerprint density at radius 3 is 2.81 bits per heavy atom. The molecule has 0 fully saturated rings. The number of nitrogens with two attached hydrogens (primary N) is 1. The second-order valence-electron chi connectivity index (χ2n) is 3.34. The molecule has 2 rings (SSSR count). The fourth-order valence-corrected chi connectivity index (χ4v) is 1.94. The van der Waals surface area contributed by atoms with Crippen LogP contribution in [0.3, 0.4) is 0 Å². The molecule has 0 spiro atoms. The van der Waals surface area contributed by atoms with Gasteiger partial charge in [0.2, 0.25) is 0 Å². The fraction of sp³-hybridized carbons (Fsp3) is 0.125. The van der Waals surface area contributed by atoms with Crippen molar-refractivity contribution in [3.63, 3.8) is 0 Å². The summed E-state index contributed by atoms with van der Waals surface area (Å²) in [5, 5.41) is 0.264. The zero-order valence-corrected chi connectivity index (χ0v) is 8.90. The molecular formula is C8H8BF3N3S-. The van der Waals surface area contributed by atoms with Crippen LogP contribution in [-0.4, -0.2) is 22.6 Å². The lowest BCUT2D eigenvalue weighted by atomic mass is 9.98. The molecule has 0 saturated carbocycles. The van der Waals surface area contributed by atoms with Crippen molar-refractivity contribution in [2.45, 2.75) is 5.16 Å². The van der Waals surface area contributed by atoms with Gasteiger partial charge in [-0.15, -0.1) is 11.8 Å². The highest BCUT2D eigenvalue weighted by Crippen LogP contribution is 2.24. The predicted octanol–water partition coefficient (Wildman–Crippen LogP) is 2.62. The summed E-state index contributed by atoms with van der Waals surface area (Å²) in [7, 11) is 0. The van der Waals surface area contributed by atoms with Crippen molar-refractivity contribution in [1.82, 2.24) is 9.97 Å². The van der Waals surface area contributed by atoms with E-state index in [1.165, 1.54) is 0 Å². The van der Waals surface area contributed by atoms with Crippen molar-refractivity contribution < 1.29 is 12.9 Å². The smallest absolute Gasteiger partial charge is 0.448 e. The molecule has 0 aliphatic rings. The molecule has 0 aliphatic carbocycles. The number of imidazole rings is 1. The van der Waals surface area contributed by atoms with Crippen LogP contribution in [0.5, 0.6) is 0 Å². The van der Waals surface area contributed by atoms with Crippen LogP contribution >= 0.6 is 11.8 Å². The number of benzene rings is 1. The van der Waals surface area contributed by atoms with Crippen molar-refractivity contribution in [2.24, 2.45) is 0 Å². The van der Waals surface area contributed by atoms with Gasteiger partial charge in [-0.1, -0.05) is 0 Å². The van der Waals surface area contributed by atoms with Crippen LogP contribution in [0.1, 0.15) is 0 Å². The number of nitrogens with zero attached hydrogens (tertiary/aromatic N) is 1. The molecule has 8 heteroatoms. The number of aromatic nitrogens is 2. The summed E-state index contributed by atoms with van der Waals surface area (Å²) >= 11 is 0.654. The van der Waals surface area contributed by atoms with Gasteiger partial charge in [0.15, 0.2) is 5.16 Å². The van der Waals surface area contributed by atoms with Crippen LogP contribution in [0, 0.1) is 0 Å². The monoisotopic (exact) mass is 246 g/mol. The van der Waals surface area contributed by atoms with Gasteiger partial charge in [-0.05, 0) is 23.9 Å². The first-order valence-corrected chi connectivity index (χ1v) is 5.52. The van der Waals surface area contributed by atoms with Crippen LogP contribution in [0.25, 0.3) is 11.0 Å². The number of fused-ring (bicyclic) bond motifs is 1. The molecule has 1 aromatic carbocycles. The second-order valence-corrected chi connectivity index (χ2v) is 4.35. The highest BCUT2D eigenvalue weighted by Gasteiger charge is 2.23. The molecule has 2 aromatic rings. The number of hydrogen-bond acceptors (Lipinski definition) is 3. The van der Waals surface area contributed by atoms with Crippen molar-refractivity contribution in [3.8, 4) is 0 Å². The maximum Gasteiger partial charge on any atom is 0.488 e. The minimum atomic E-state index is -4.79. The first kappa shape index (κ1) is 11.2. The Kier molecular flexibility index (Phi) is 2.75. The number of thioether (sulfide) groups is 1. The molecule has 0 saturated heterocycles. The van der Waals surface area contributed by atoms with Crippen molar-refractivity contribution in [2.75, 3.05) is 11.4 Å². The van der Waals surface area contributed by atoms with Crippen LogP contribution in [0.4, 0.5) is 18.6 Å². The van der Waals surface area contributed by atoms with Gasteiger partial charge in [0.25, 0.3) is 0 Å². The number of halogens is 3. The Morgan fingerprint density at radius 2 is 2.12 bits per heavy atom. The molecule has 16 heavy (non-hydrogen) atoms. The lowest BCUT2D eigenvalue weighted by Crippen LogP contribution is -2.19. The van der Waals surface area contributed by atoms with Crippen LogP contribution < -0.4 is 5.73 Å². The standard InChI is InChI=1S/C8H8BF3N3S/c10-9(11,12)4-16-8-14-6-2-1-5(13)3-7(6)15-8/h1-3H,4,13H2,(H,14,15)/q-1. The summed E-state index contributed by atoms with van der Waals surface area (Å²) in [6.07, 6.45) is 0. The second kappa shape index (κ2) is 3.93. The first-order valence-electron chi connectivity index (χ1n) is 4.53. The molecule has 3 nitrogen and oxygen atoms in total. The van der Waals surface area contributed by atoms with Gasteiger partial charge in [0.05, 0.1) is 11.0 Å². The topological polar surface area (TPSA) is 54.7 Å². The Morgan fingerprint density at radius 1 is 1.38 bits per heavy atom. The summed E-state index contributed by atoms with van der Waals surface area (Å²) in [5.41, 5.74) is 6.47. The van der Waals surface area contributed by atoms with E-state index < -0.39 is 12.6 Å². The van der Waals surface area contributed by atoms with E-state index in [4.69, 9.17) is 5.73 Å². The number of rotatable bonds is 3. The Labute approximate surface area is 93.7 Å². The molecule has 0 bridgehead atoms. The van der Waals surface area contributed by atoms with Gasteiger partial charge >= 0.3 is 6.98 Å². The summed E-state index contributed by atoms with van der Waals surface area (Å²) in [6, 6.07) is 4.97. The SMILES string of the molecule is Nc1ccc2nc(SC[B-](F)(F)F)[nH]c2c1. The zero-order chi connectivity index (χ0) is 11.8. The molecule has 0 atom stereocenters. The van der Waals surface area contributed by atoms with Gasteiger partial charge in [-0.2, -0.15) is 0 Å². The minimum absolute atomic E-state index is 0.264. The average Bonchev–Trinajstić information content (AvgIpc) is 2.55. The highest BCUT2D eigenvalue weighted by molar-refractivity contribution is 8.00. The first-order chi connectivity index (χ1) is 7.44. The van der Waals surface area contributed by atoms with Crippen LogP contribution in [0.15, 0.2) is 23.4 Å². The van der Waals surface area contributed by atoms with Gasteiger partial charge < -0.3 is 23.7 Å². The van der Waals surface area contributed by atoms with Gasteiger partial charge in [-0.3, -0.25) is 0 Å². The molecule has 1 heterocycles.